The lowest BCUT2D eigenvalue weighted by molar-refractivity contribution is 0.119. The number of benzene rings is 1. The minimum absolute atomic E-state index is 0.197. The lowest BCUT2D eigenvalue weighted by Gasteiger charge is -2.28. The van der Waals surface area contributed by atoms with Crippen LogP contribution in [0.4, 0.5) is 0 Å². The van der Waals surface area contributed by atoms with Gasteiger partial charge in [-0.25, -0.2) is 0 Å². The fraction of sp³-hybridized carbons (Fsp3) is 0.700. The van der Waals surface area contributed by atoms with Crippen LogP contribution < -0.4 is 5.19 Å². The number of phenolic OH excluding ortho intramolecular Hbond substituents is 1. The van der Waals surface area contributed by atoms with Crippen LogP contribution in [0.2, 0.25) is 19.1 Å². The van der Waals surface area contributed by atoms with Crippen LogP contribution in [0, 0.1) is 0 Å². The molecule has 3 heteroatoms. The van der Waals surface area contributed by atoms with Crippen LogP contribution in [0.1, 0.15) is 69.8 Å². The second-order valence-corrected chi connectivity index (χ2v) is 12.8. The van der Waals surface area contributed by atoms with Crippen LogP contribution in [0.3, 0.4) is 0 Å². The van der Waals surface area contributed by atoms with Crippen molar-refractivity contribution in [1.29, 1.82) is 0 Å². The Morgan fingerprint density at radius 3 is 2.57 bits per heavy atom. The zero-order valence-electron chi connectivity index (χ0n) is 15.1. The highest BCUT2D eigenvalue weighted by Crippen LogP contribution is 2.37. The highest BCUT2D eigenvalue weighted by Gasteiger charge is 2.27. The number of aliphatic hydroxyl groups excluding tert-OH is 1. The van der Waals surface area contributed by atoms with Crippen LogP contribution in [0.5, 0.6) is 5.75 Å². The number of aromatic hydroxyl groups is 1. The van der Waals surface area contributed by atoms with Crippen molar-refractivity contribution < 1.29 is 10.2 Å². The van der Waals surface area contributed by atoms with Crippen LogP contribution >= 0.6 is 0 Å². The van der Waals surface area contributed by atoms with E-state index in [0.29, 0.717) is 11.7 Å². The normalized spacial score (nSPS) is 22.3. The van der Waals surface area contributed by atoms with Gasteiger partial charge in [-0.2, -0.15) is 0 Å². The highest BCUT2D eigenvalue weighted by molar-refractivity contribution is 6.89. The number of phenols is 1. The van der Waals surface area contributed by atoms with Gasteiger partial charge in [-0.3, -0.25) is 0 Å². The van der Waals surface area contributed by atoms with E-state index in [4.69, 9.17) is 0 Å². The summed E-state index contributed by atoms with van der Waals surface area (Å²) in [6, 6.07) is 7.71. The molecule has 0 aliphatic heterocycles. The molecule has 2 atom stereocenters. The first-order valence-corrected chi connectivity index (χ1v) is 12.7. The van der Waals surface area contributed by atoms with Crippen LogP contribution in [-0.2, 0) is 0 Å². The molecule has 2 nitrogen and oxygen atoms in total. The Balaban J connectivity index is 2.05. The summed E-state index contributed by atoms with van der Waals surface area (Å²) in [7, 11) is -1.46. The highest BCUT2D eigenvalue weighted by atomic mass is 28.3. The van der Waals surface area contributed by atoms with Crippen molar-refractivity contribution in [2.75, 3.05) is 0 Å². The van der Waals surface area contributed by atoms with Crippen molar-refractivity contribution in [2.45, 2.75) is 89.5 Å². The maximum Gasteiger partial charge on any atom is 0.118 e. The summed E-state index contributed by atoms with van der Waals surface area (Å²) in [4.78, 5) is 0. The van der Waals surface area contributed by atoms with Gasteiger partial charge in [0.15, 0.2) is 0 Å². The first-order valence-electron chi connectivity index (χ1n) is 9.45. The summed E-state index contributed by atoms with van der Waals surface area (Å²) < 4.78 is 0. The van der Waals surface area contributed by atoms with Crippen LogP contribution in [0.15, 0.2) is 18.2 Å². The average Bonchev–Trinajstić information content (AvgIpc) is 2.51. The second kappa shape index (κ2) is 8.34. The zero-order valence-corrected chi connectivity index (χ0v) is 16.1. The molecule has 1 saturated carbocycles. The van der Waals surface area contributed by atoms with Gasteiger partial charge >= 0.3 is 0 Å². The van der Waals surface area contributed by atoms with E-state index >= 15 is 0 Å². The van der Waals surface area contributed by atoms with Gasteiger partial charge in [-0.15, -0.1) is 0 Å². The van der Waals surface area contributed by atoms with Gasteiger partial charge in [-0.05, 0) is 36.8 Å². The predicted octanol–water partition coefficient (Wildman–Crippen LogP) is 4.91. The summed E-state index contributed by atoms with van der Waals surface area (Å²) in [5, 5.41) is 21.8. The topological polar surface area (TPSA) is 40.5 Å². The molecule has 0 saturated heterocycles. The van der Waals surface area contributed by atoms with E-state index in [1.54, 1.807) is 0 Å². The Bertz CT molecular complexity index is 498. The van der Waals surface area contributed by atoms with Gasteiger partial charge in [0.1, 0.15) is 5.75 Å². The van der Waals surface area contributed by atoms with E-state index in [-0.39, 0.29) is 6.10 Å². The monoisotopic (exact) mass is 334 g/mol. The number of hydrogen-bond donors (Lipinski definition) is 2. The van der Waals surface area contributed by atoms with E-state index in [2.05, 4.69) is 32.2 Å². The smallest absolute Gasteiger partial charge is 0.118 e. The van der Waals surface area contributed by atoms with E-state index in [1.807, 2.05) is 6.07 Å². The molecule has 1 aliphatic carbocycles. The maximum absolute atomic E-state index is 10.5. The van der Waals surface area contributed by atoms with Crippen molar-refractivity contribution in [3.63, 3.8) is 0 Å². The molecule has 0 bridgehead atoms. The molecule has 1 aromatic rings. The van der Waals surface area contributed by atoms with Crippen molar-refractivity contribution in [3.05, 3.63) is 23.8 Å². The van der Waals surface area contributed by atoms with Gasteiger partial charge in [0.2, 0.25) is 0 Å². The molecule has 1 fully saturated rings. The molecule has 0 aromatic heterocycles. The molecule has 0 heterocycles. The van der Waals surface area contributed by atoms with Crippen molar-refractivity contribution in [2.24, 2.45) is 0 Å². The lowest BCUT2D eigenvalue weighted by atomic mass is 9.82. The third kappa shape index (κ3) is 5.08. The van der Waals surface area contributed by atoms with Crippen molar-refractivity contribution >= 4 is 13.3 Å². The Labute approximate surface area is 143 Å². The standard InChI is InChI=1S/C20H34O2Si/c1-4-5-6-7-13-23(2,3)18-11-12-19(20(22)15-18)16-9-8-10-17(21)14-16/h11-12,15-17,21-22H,4-10,13-14H2,1-3H3. The number of unbranched alkanes of at least 4 members (excludes halogenated alkanes) is 3. The third-order valence-corrected chi connectivity index (χ3v) is 9.03. The number of rotatable bonds is 7. The van der Waals surface area contributed by atoms with Gasteiger partial charge in [-0.1, -0.05) is 75.5 Å². The zero-order chi connectivity index (χ0) is 16.9. The van der Waals surface area contributed by atoms with E-state index in [1.165, 1.54) is 36.9 Å². The second-order valence-electron chi connectivity index (χ2n) is 7.99. The molecular formula is C20H34O2Si. The SMILES string of the molecule is CCCCCC[Si](C)(C)c1ccc(C2CCCC(O)C2)c(O)c1. The molecule has 0 spiro atoms. The molecule has 1 aliphatic rings. The molecular weight excluding hydrogens is 300 g/mol. The quantitative estimate of drug-likeness (QED) is 0.549. The molecule has 2 N–H and O–H groups in total. The molecule has 23 heavy (non-hydrogen) atoms. The Hall–Kier alpha value is -0.803. The Kier molecular flexibility index (Phi) is 6.72. The van der Waals surface area contributed by atoms with Crippen LogP contribution in [-0.4, -0.2) is 24.4 Å². The fourth-order valence-corrected chi connectivity index (χ4v) is 6.38. The fourth-order valence-electron chi connectivity index (χ4n) is 3.89. The van der Waals surface area contributed by atoms with Gasteiger partial charge in [0, 0.05) is 0 Å². The summed E-state index contributed by atoms with van der Waals surface area (Å²) >= 11 is 0. The molecule has 2 unspecified atom stereocenters. The van der Waals surface area contributed by atoms with E-state index in [9.17, 15) is 10.2 Å². The first kappa shape index (κ1) is 18.5. The maximum atomic E-state index is 10.5. The van der Waals surface area contributed by atoms with Crippen molar-refractivity contribution in [3.8, 4) is 5.75 Å². The van der Waals surface area contributed by atoms with Gasteiger partial charge < -0.3 is 10.2 Å². The van der Waals surface area contributed by atoms with Crippen LogP contribution in [0.25, 0.3) is 0 Å². The third-order valence-electron chi connectivity index (χ3n) is 5.55. The van der Waals surface area contributed by atoms with Gasteiger partial charge in [0.25, 0.3) is 0 Å². The average molecular weight is 335 g/mol. The molecule has 1 aromatic carbocycles. The molecule has 0 amide bonds. The predicted molar refractivity (Wildman–Crippen MR) is 101 cm³/mol. The molecule has 130 valence electrons. The lowest BCUT2D eigenvalue weighted by Crippen LogP contribution is -2.41. The number of hydrogen-bond acceptors (Lipinski definition) is 2. The minimum Gasteiger partial charge on any atom is -0.508 e. The first-order chi connectivity index (χ1) is 10.9. The van der Waals surface area contributed by atoms with Gasteiger partial charge in [0.05, 0.1) is 14.2 Å². The molecule has 0 radical (unpaired) electrons. The summed E-state index contributed by atoms with van der Waals surface area (Å²) in [6.07, 6.45) is 8.91. The Morgan fingerprint density at radius 1 is 1.13 bits per heavy atom. The van der Waals surface area contributed by atoms with E-state index in [0.717, 1.165) is 31.2 Å². The van der Waals surface area contributed by atoms with Crippen molar-refractivity contribution in [1.82, 2.24) is 0 Å². The molecule has 2 rings (SSSR count). The summed E-state index contributed by atoms with van der Waals surface area (Å²) in [5.74, 6) is 0.776. The minimum atomic E-state index is -1.46. The number of aliphatic hydroxyl groups is 1. The summed E-state index contributed by atoms with van der Waals surface area (Å²) in [6.45, 7) is 7.08. The Morgan fingerprint density at radius 2 is 1.91 bits per heavy atom. The largest absolute Gasteiger partial charge is 0.508 e. The van der Waals surface area contributed by atoms with E-state index < -0.39 is 8.07 Å². The summed E-state index contributed by atoms with van der Waals surface area (Å²) in [5.41, 5.74) is 1.04.